The monoisotopic (exact) mass is 218 g/mol. The van der Waals surface area contributed by atoms with E-state index >= 15 is 0 Å². The third-order valence-electron chi connectivity index (χ3n) is 2.99. The molecule has 0 fully saturated rings. The number of aliphatic imine (C=N–C) groups is 1. The van der Waals surface area contributed by atoms with E-state index in [0.717, 1.165) is 18.0 Å². The average Bonchev–Trinajstić information content (AvgIpc) is 2.76. The number of hydrazone groups is 1. The number of nitrogens with zero attached hydrogens (tertiary/aromatic N) is 3. The fourth-order valence-corrected chi connectivity index (χ4v) is 1.92. The third kappa shape index (κ3) is 2.01. The summed E-state index contributed by atoms with van der Waals surface area (Å²) < 4.78 is 0. The number of hydrogen-bond acceptors (Lipinski definition) is 4. The zero-order valence-electron chi connectivity index (χ0n) is 10.0. The Kier molecular flexibility index (Phi) is 3.08. The molecule has 0 amide bonds. The van der Waals surface area contributed by atoms with Crippen molar-refractivity contribution in [3.8, 4) is 0 Å². The van der Waals surface area contributed by atoms with Crippen LogP contribution in [0.3, 0.4) is 0 Å². The van der Waals surface area contributed by atoms with Crippen LogP contribution in [0.1, 0.15) is 20.3 Å². The van der Waals surface area contributed by atoms with E-state index in [1.54, 1.807) is 0 Å². The number of hydrogen-bond donors (Lipinski definition) is 1. The first-order valence-corrected chi connectivity index (χ1v) is 5.67. The van der Waals surface area contributed by atoms with E-state index in [4.69, 9.17) is 0 Å². The standard InChI is InChI=1S/C12H18N4/c1-4-9(2)15-16(3)11-6-8-14-12-10(11)5-7-13-12/h5-8,10-11H,4H2,1-3H3,(H,13,14)/b15-9-/t10-,11?/m1/s1. The van der Waals surface area contributed by atoms with Gasteiger partial charge in [0.25, 0.3) is 0 Å². The second kappa shape index (κ2) is 4.51. The van der Waals surface area contributed by atoms with Crippen LogP contribution in [-0.4, -0.2) is 29.6 Å². The van der Waals surface area contributed by atoms with Gasteiger partial charge in [0.15, 0.2) is 0 Å². The molecule has 0 saturated carbocycles. The van der Waals surface area contributed by atoms with Crippen LogP contribution in [0.5, 0.6) is 0 Å². The molecular weight excluding hydrogens is 200 g/mol. The highest BCUT2D eigenvalue weighted by Gasteiger charge is 2.29. The highest BCUT2D eigenvalue weighted by atomic mass is 15.5. The summed E-state index contributed by atoms with van der Waals surface area (Å²) in [5, 5.41) is 9.74. The smallest absolute Gasteiger partial charge is 0.115 e. The summed E-state index contributed by atoms with van der Waals surface area (Å²) in [7, 11) is 2.02. The van der Waals surface area contributed by atoms with E-state index < -0.39 is 0 Å². The van der Waals surface area contributed by atoms with Crippen molar-refractivity contribution in [3.05, 3.63) is 24.6 Å². The molecule has 2 aliphatic rings. The summed E-state index contributed by atoms with van der Waals surface area (Å²) in [4.78, 5) is 4.31. The van der Waals surface area contributed by atoms with E-state index in [9.17, 15) is 0 Å². The Hall–Kier alpha value is -1.58. The van der Waals surface area contributed by atoms with Crippen LogP contribution < -0.4 is 5.32 Å². The number of amidine groups is 1. The first-order valence-electron chi connectivity index (χ1n) is 5.67. The predicted molar refractivity (Wildman–Crippen MR) is 67.3 cm³/mol. The molecule has 1 unspecified atom stereocenters. The Morgan fingerprint density at radius 1 is 1.56 bits per heavy atom. The third-order valence-corrected chi connectivity index (χ3v) is 2.99. The molecule has 0 bridgehead atoms. The van der Waals surface area contributed by atoms with Crippen molar-refractivity contribution in [2.45, 2.75) is 26.3 Å². The Labute approximate surface area is 96.4 Å². The van der Waals surface area contributed by atoms with Crippen LogP contribution in [0.4, 0.5) is 0 Å². The molecule has 0 aliphatic carbocycles. The minimum absolute atomic E-state index is 0.264. The van der Waals surface area contributed by atoms with Crippen LogP contribution in [0.25, 0.3) is 0 Å². The molecule has 2 rings (SSSR count). The molecule has 16 heavy (non-hydrogen) atoms. The normalized spacial score (nSPS) is 27.4. The van der Waals surface area contributed by atoms with Crippen molar-refractivity contribution in [2.24, 2.45) is 16.0 Å². The Balaban J connectivity index is 2.13. The lowest BCUT2D eigenvalue weighted by molar-refractivity contribution is 0.274. The van der Waals surface area contributed by atoms with Gasteiger partial charge in [0.1, 0.15) is 5.84 Å². The molecule has 0 spiro atoms. The van der Waals surface area contributed by atoms with Crippen LogP contribution >= 0.6 is 0 Å². The molecule has 1 N–H and O–H groups in total. The highest BCUT2D eigenvalue weighted by Crippen LogP contribution is 2.22. The van der Waals surface area contributed by atoms with Gasteiger partial charge in [-0.25, -0.2) is 4.99 Å². The Morgan fingerprint density at radius 3 is 3.12 bits per heavy atom. The van der Waals surface area contributed by atoms with E-state index in [1.807, 2.05) is 24.5 Å². The van der Waals surface area contributed by atoms with E-state index in [2.05, 4.69) is 41.4 Å². The molecule has 86 valence electrons. The lowest BCUT2D eigenvalue weighted by atomic mass is 9.98. The fourth-order valence-electron chi connectivity index (χ4n) is 1.92. The number of fused-ring (bicyclic) bond motifs is 1. The van der Waals surface area contributed by atoms with E-state index in [0.29, 0.717) is 5.92 Å². The zero-order valence-corrected chi connectivity index (χ0v) is 10.0. The summed E-state index contributed by atoms with van der Waals surface area (Å²) in [5.41, 5.74) is 1.15. The molecule has 0 aromatic carbocycles. The van der Waals surface area contributed by atoms with E-state index in [-0.39, 0.29) is 6.04 Å². The summed E-state index contributed by atoms with van der Waals surface area (Å²) in [6.45, 7) is 4.17. The summed E-state index contributed by atoms with van der Waals surface area (Å²) in [6.07, 6.45) is 9.02. The van der Waals surface area contributed by atoms with Crippen LogP contribution in [-0.2, 0) is 0 Å². The summed E-state index contributed by atoms with van der Waals surface area (Å²) in [5.74, 6) is 1.33. The van der Waals surface area contributed by atoms with Crippen LogP contribution in [0.2, 0.25) is 0 Å². The topological polar surface area (TPSA) is 40.0 Å². The van der Waals surface area contributed by atoms with Gasteiger partial charge in [0.05, 0.1) is 12.0 Å². The predicted octanol–water partition coefficient (Wildman–Crippen LogP) is 1.73. The molecule has 0 saturated heterocycles. The van der Waals surface area contributed by atoms with Crippen molar-refractivity contribution < 1.29 is 0 Å². The maximum absolute atomic E-state index is 4.56. The van der Waals surface area contributed by atoms with Gasteiger partial charge in [-0.2, -0.15) is 5.10 Å². The van der Waals surface area contributed by atoms with Gasteiger partial charge in [0.2, 0.25) is 0 Å². The SMILES string of the molecule is CC/C(C)=N\N(C)C1C=CN=C2NC=C[C@@H]21. The molecule has 2 aliphatic heterocycles. The minimum Gasteiger partial charge on any atom is -0.350 e. The van der Waals surface area contributed by atoms with Crippen molar-refractivity contribution >= 4 is 11.5 Å². The van der Waals surface area contributed by atoms with Gasteiger partial charge in [-0.3, -0.25) is 5.01 Å². The van der Waals surface area contributed by atoms with E-state index in [1.165, 1.54) is 0 Å². The average molecular weight is 218 g/mol. The zero-order chi connectivity index (χ0) is 11.5. The number of likely N-dealkylation sites (N-methyl/N-ethyl adjacent to an activating group) is 1. The molecular formula is C12H18N4. The maximum Gasteiger partial charge on any atom is 0.115 e. The Bertz CT molecular complexity index is 378. The first kappa shape index (κ1) is 10.9. The lowest BCUT2D eigenvalue weighted by Crippen LogP contribution is -2.39. The summed E-state index contributed by atoms with van der Waals surface area (Å²) in [6, 6.07) is 0.264. The maximum atomic E-state index is 4.56. The summed E-state index contributed by atoms with van der Waals surface area (Å²) >= 11 is 0. The van der Waals surface area contributed by atoms with Crippen molar-refractivity contribution in [3.63, 3.8) is 0 Å². The molecule has 0 aromatic rings. The van der Waals surface area contributed by atoms with Crippen LogP contribution in [0, 0.1) is 5.92 Å². The second-order valence-corrected chi connectivity index (χ2v) is 4.14. The van der Waals surface area contributed by atoms with Gasteiger partial charge in [-0.05, 0) is 25.6 Å². The second-order valence-electron chi connectivity index (χ2n) is 4.14. The van der Waals surface area contributed by atoms with Crippen LogP contribution in [0.15, 0.2) is 34.6 Å². The van der Waals surface area contributed by atoms with Gasteiger partial charge < -0.3 is 5.32 Å². The van der Waals surface area contributed by atoms with Crippen molar-refractivity contribution in [2.75, 3.05) is 7.05 Å². The number of rotatable bonds is 3. The first-order chi connectivity index (χ1) is 7.72. The van der Waals surface area contributed by atoms with Crippen molar-refractivity contribution in [1.29, 1.82) is 0 Å². The molecule has 0 aromatic heterocycles. The van der Waals surface area contributed by atoms with Gasteiger partial charge in [-0.15, -0.1) is 0 Å². The molecule has 4 heteroatoms. The van der Waals surface area contributed by atoms with Crippen molar-refractivity contribution in [1.82, 2.24) is 10.3 Å². The molecule has 2 atom stereocenters. The quantitative estimate of drug-likeness (QED) is 0.579. The molecule has 0 radical (unpaired) electrons. The molecule has 4 nitrogen and oxygen atoms in total. The number of nitrogens with one attached hydrogen (secondary N) is 1. The Morgan fingerprint density at radius 2 is 2.38 bits per heavy atom. The lowest BCUT2D eigenvalue weighted by Gasteiger charge is -2.29. The van der Waals surface area contributed by atoms with Gasteiger partial charge in [-0.1, -0.05) is 13.0 Å². The largest absolute Gasteiger partial charge is 0.350 e. The fraction of sp³-hybridized carbons (Fsp3) is 0.500. The van der Waals surface area contributed by atoms with Gasteiger partial charge >= 0.3 is 0 Å². The minimum atomic E-state index is 0.264. The van der Waals surface area contributed by atoms with Gasteiger partial charge in [0, 0.05) is 19.0 Å². The highest BCUT2D eigenvalue weighted by molar-refractivity contribution is 5.91. The molecule has 2 heterocycles.